The summed E-state index contributed by atoms with van der Waals surface area (Å²) in [6.07, 6.45) is 6.02. The largest absolute Gasteiger partial charge is 0.313 e. The number of para-hydroxylation sites is 2. The molecule has 184 valence electrons. The number of fused-ring (bicyclic) bond motifs is 7. The second-order valence-corrected chi connectivity index (χ2v) is 9.43. The number of aromatic nitrogens is 3. The Hall–Kier alpha value is -4.59. The highest BCUT2D eigenvalue weighted by atomic mass is 16.2. The number of carbonyl (C=O) groups excluding carboxylic acids is 2. The van der Waals surface area contributed by atoms with E-state index in [0.29, 0.717) is 34.0 Å². The van der Waals surface area contributed by atoms with Crippen LogP contribution < -0.4 is 9.80 Å². The van der Waals surface area contributed by atoms with Crippen LogP contribution in [0, 0.1) is 6.92 Å². The molecule has 0 radical (unpaired) electrons. The predicted octanol–water partition coefficient (Wildman–Crippen LogP) is 4.73. The summed E-state index contributed by atoms with van der Waals surface area (Å²) in [7, 11) is 1.94. The standard InChI is InChI=1S/C29H26N6O2/c1-19-15-22-16-24(31-19)23-17-30-35(18-23)28(37)21-12-10-20(11-13-21)7-5-6-14-34-26-9-4-3-8-25(26)33(2)29(34)32-27(22)36/h3-4,8-13,15-18H,5-7,14H2,1-2H3. The summed E-state index contributed by atoms with van der Waals surface area (Å²) in [5.41, 5.74) is 6.15. The number of aryl methyl sites for hydroxylation is 2. The SMILES string of the molecule is Cc1cc2cc(n1)-c1cnn(c1)C(=O)c1ccc(cc1)CCCCN1C(=NC2=O)N(C)c2ccccc21. The highest BCUT2D eigenvalue weighted by Crippen LogP contribution is 2.36. The third-order valence-electron chi connectivity index (χ3n) is 6.86. The first-order chi connectivity index (χ1) is 18.0. The van der Waals surface area contributed by atoms with Crippen molar-refractivity contribution < 1.29 is 9.59 Å². The third-order valence-corrected chi connectivity index (χ3v) is 6.86. The molecule has 0 unspecified atom stereocenters. The molecule has 8 nitrogen and oxygen atoms in total. The molecule has 0 spiro atoms. The van der Waals surface area contributed by atoms with Gasteiger partial charge in [0.1, 0.15) is 0 Å². The number of amides is 1. The Balaban J connectivity index is 1.45. The van der Waals surface area contributed by atoms with E-state index in [1.165, 1.54) is 10.2 Å². The zero-order chi connectivity index (χ0) is 25.5. The molecular weight excluding hydrogens is 464 g/mol. The number of pyridine rings is 1. The molecule has 0 saturated heterocycles. The van der Waals surface area contributed by atoms with Gasteiger partial charge in [0.25, 0.3) is 11.8 Å². The lowest BCUT2D eigenvalue weighted by atomic mass is 10.1. The fraction of sp³-hybridized carbons (Fsp3) is 0.207. The van der Waals surface area contributed by atoms with Crippen molar-refractivity contribution in [2.24, 2.45) is 4.99 Å². The molecule has 2 aromatic carbocycles. The zero-order valence-corrected chi connectivity index (χ0v) is 20.8. The first-order valence-electron chi connectivity index (χ1n) is 12.4. The summed E-state index contributed by atoms with van der Waals surface area (Å²) >= 11 is 0. The van der Waals surface area contributed by atoms with E-state index in [0.717, 1.165) is 37.2 Å². The van der Waals surface area contributed by atoms with Gasteiger partial charge in [0, 0.05) is 42.2 Å². The van der Waals surface area contributed by atoms with Crippen molar-refractivity contribution in [2.75, 3.05) is 23.4 Å². The minimum absolute atomic E-state index is 0.214. The van der Waals surface area contributed by atoms with E-state index < -0.39 is 0 Å². The van der Waals surface area contributed by atoms with E-state index in [2.05, 4.69) is 26.0 Å². The Morgan fingerprint density at radius 3 is 2.46 bits per heavy atom. The van der Waals surface area contributed by atoms with Gasteiger partial charge >= 0.3 is 0 Å². The Morgan fingerprint density at radius 1 is 0.865 bits per heavy atom. The molecular formula is C29H26N6O2. The van der Waals surface area contributed by atoms with Crippen LogP contribution in [0.5, 0.6) is 0 Å². The summed E-state index contributed by atoms with van der Waals surface area (Å²) in [6.45, 7) is 2.58. The van der Waals surface area contributed by atoms with Crippen LogP contribution in [0.4, 0.5) is 11.4 Å². The first kappa shape index (κ1) is 22.8. The van der Waals surface area contributed by atoms with Crippen molar-refractivity contribution in [1.29, 1.82) is 0 Å². The molecule has 5 heterocycles. The van der Waals surface area contributed by atoms with Gasteiger partial charge in [-0.3, -0.25) is 14.6 Å². The Bertz CT molecular complexity index is 1550. The molecule has 0 atom stereocenters. The van der Waals surface area contributed by atoms with Crippen LogP contribution >= 0.6 is 0 Å². The van der Waals surface area contributed by atoms with Gasteiger partial charge in [-0.05, 0) is 68.1 Å². The summed E-state index contributed by atoms with van der Waals surface area (Å²) in [4.78, 5) is 39.7. The highest BCUT2D eigenvalue weighted by molar-refractivity contribution is 6.20. The van der Waals surface area contributed by atoms with Crippen LogP contribution in [0.1, 0.15) is 44.8 Å². The molecule has 37 heavy (non-hydrogen) atoms. The number of nitrogens with zero attached hydrogens (tertiary/aromatic N) is 6. The number of hydrogen-bond donors (Lipinski definition) is 0. The minimum Gasteiger partial charge on any atom is -0.313 e. The maximum Gasteiger partial charge on any atom is 0.280 e. The first-order valence-corrected chi connectivity index (χ1v) is 12.4. The molecule has 8 heteroatoms. The second kappa shape index (κ2) is 9.13. The van der Waals surface area contributed by atoms with E-state index in [1.54, 1.807) is 24.5 Å². The Labute approximate surface area is 214 Å². The van der Waals surface area contributed by atoms with E-state index in [1.807, 2.05) is 61.3 Å². The lowest BCUT2D eigenvalue weighted by Gasteiger charge is -2.21. The van der Waals surface area contributed by atoms with Crippen LogP contribution in [-0.4, -0.2) is 46.1 Å². The van der Waals surface area contributed by atoms with Crippen molar-refractivity contribution in [3.8, 4) is 11.3 Å². The molecule has 4 aromatic rings. The predicted molar refractivity (Wildman–Crippen MR) is 143 cm³/mol. The maximum absolute atomic E-state index is 13.5. The number of anilines is 2. The van der Waals surface area contributed by atoms with Gasteiger partial charge in [0.2, 0.25) is 5.96 Å². The van der Waals surface area contributed by atoms with Gasteiger partial charge in [-0.2, -0.15) is 10.1 Å². The lowest BCUT2D eigenvalue weighted by Crippen LogP contribution is -2.37. The van der Waals surface area contributed by atoms with Crippen molar-refractivity contribution in [1.82, 2.24) is 14.8 Å². The molecule has 3 aliphatic heterocycles. The van der Waals surface area contributed by atoms with Crippen molar-refractivity contribution in [3.05, 3.63) is 95.4 Å². The topological polar surface area (TPSA) is 83.7 Å². The normalized spacial score (nSPS) is 15.6. The van der Waals surface area contributed by atoms with Gasteiger partial charge in [0.05, 0.1) is 23.3 Å². The third kappa shape index (κ3) is 4.20. The van der Waals surface area contributed by atoms with Crippen LogP contribution in [0.3, 0.4) is 0 Å². The van der Waals surface area contributed by atoms with Crippen molar-refractivity contribution >= 4 is 29.1 Å². The quantitative estimate of drug-likeness (QED) is 0.354. The summed E-state index contributed by atoms with van der Waals surface area (Å²) < 4.78 is 1.31. The molecule has 3 aliphatic rings. The van der Waals surface area contributed by atoms with Gasteiger partial charge in [-0.25, -0.2) is 4.68 Å². The molecule has 7 rings (SSSR count). The molecule has 1 amide bonds. The smallest absolute Gasteiger partial charge is 0.280 e. The second-order valence-electron chi connectivity index (χ2n) is 9.43. The van der Waals surface area contributed by atoms with Crippen LogP contribution in [0.25, 0.3) is 11.3 Å². The molecule has 0 N–H and O–H groups in total. The summed E-state index contributed by atoms with van der Waals surface area (Å²) in [6, 6.07) is 19.3. The number of carbonyl (C=O) groups is 2. The van der Waals surface area contributed by atoms with E-state index >= 15 is 0 Å². The zero-order valence-electron chi connectivity index (χ0n) is 20.8. The van der Waals surface area contributed by atoms with E-state index in [9.17, 15) is 9.59 Å². The van der Waals surface area contributed by atoms with Crippen molar-refractivity contribution in [3.63, 3.8) is 0 Å². The molecule has 6 bridgehead atoms. The van der Waals surface area contributed by atoms with Gasteiger partial charge in [-0.15, -0.1) is 0 Å². The van der Waals surface area contributed by atoms with Crippen LogP contribution in [0.15, 0.2) is 78.0 Å². The number of aliphatic imine (C=N–C) groups is 1. The minimum atomic E-state index is -0.342. The van der Waals surface area contributed by atoms with Crippen LogP contribution in [0.2, 0.25) is 0 Å². The van der Waals surface area contributed by atoms with Gasteiger partial charge in [-0.1, -0.05) is 24.3 Å². The fourth-order valence-corrected chi connectivity index (χ4v) is 4.94. The fourth-order valence-electron chi connectivity index (χ4n) is 4.94. The monoisotopic (exact) mass is 490 g/mol. The highest BCUT2D eigenvalue weighted by Gasteiger charge is 2.30. The lowest BCUT2D eigenvalue weighted by molar-refractivity contribution is 0.0944. The molecule has 0 aliphatic carbocycles. The van der Waals surface area contributed by atoms with Crippen LogP contribution in [-0.2, 0) is 6.42 Å². The van der Waals surface area contributed by atoms with E-state index in [-0.39, 0.29) is 11.8 Å². The summed E-state index contributed by atoms with van der Waals surface area (Å²) in [5, 5.41) is 4.27. The van der Waals surface area contributed by atoms with Gasteiger partial charge in [0.15, 0.2) is 0 Å². The average molecular weight is 491 g/mol. The maximum atomic E-state index is 13.5. The molecule has 0 fully saturated rings. The molecule has 2 aromatic heterocycles. The van der Waals surface area contributed by atoms with Crippen molar-refractivity contribution in [2.45, 2.75) is 26.2 Å². The summed E-state index contributed by atoms with van der Waals surface area (Å²) in [5.74, 6) is 0.0571. The number of hydrogen-bond acceptors (Lipinski definition) is 6. The number of rotatable bonds is 0. The van der Waals surface area contributed by atoms with E-state index in [4.69, 9.17) is 0 Å². The Morgan fingerprint density at radius 2 is 1.65 bits per heavy atom. The number of benzene rings is 2. The average Bonchev–Trinajstić information content (AvgIpc) is 3.50. The number of guanidine groups is 1. The van der Waals surface area contributed by atoms with Gasteiger partial charge < -0.3 is 9.80 Å². The Kier molecular flexibility index (Phi) is 5.64. The molecule has 0 saturated carbocycles.